The maximum absolute atomic E-state index is 13.1. The Kier molecular flexibility index (Phi) is 5.44. The second kappa shape index (κ2) is 8.32. The van der Waals surface area contributed by atoms with E-state index in [4.69, 9.17) is 0 Å². The van der Waals surface area contributed by atoms with E-state index in [1.807, 2.05) is 35.8 Å². The van der Waals surface area contributed by atoms with Crippen LogP contribution in [-0.4, -0.2) is 36.3 Å². The van der Waals surface area contributed by atoms with Crippen molar-refractivity contribution in [3.8, 4) is 17.2 Å². The number of hydrogen-bond acceptors (Lipinski definition) is 6. The molecule has 8 heteroatoms. The Morgan fingerprint density at radius 2 is 1.79 bits per heavy atom. The minimum atomic E-state index is -0.373. The maximum Gasteiger partial charge on any atom is 0.196 e. The second-order valence-electron chi connectivity index (χ2n) is 6.29. The molecule has 0 atom stereocenters. The molecule has 0 radical (unpaired) electrons. The van der Waals surface area contributed by atoms with Gasteiger partial charge in [0.2, 0.25) is 0 Å². The highest BCUT2D eigenvalue weighted by Gasteiger charge is 2.18. The molecule has 0 bridgehead atoms. The van der Waals surface area contributed by atoms with Crippen molar-refractivity contribution < 1.29 is 9.18 Å². The molecule has 2 aromatic carbocycles. The van der Waals surface area contributed by atoms with E-state index >= 15 is 0 Å². The van der Waals surface area contributed by atoms with Crippen molar-refractivity contribution in [1.82, 2.24) is 24.7 Å². The summed E-state index contributed by atoms with van der Waals surface area (Å²) in [6, 6.07) is 13.4. The fourth-order valence-electron chi connectivity index (χ4n) is 2.72. The smallest absolute Gasteiger partial charge is 0.196 e. The number of aromatic nitrogens is 5. The molecule has 0 fully saturated rings. The molecule has 144 valence electrons. The minimum Gasteiger partial charge on any atom is -0.293 e. The summed E-state index contributed by atoms with van der Waals surface area (Å²) < 4.78 is 14.9. The first-order valence-corrected chi connectivity index (χ1v) is 9.81. The van der Waals surface area contributed by atoms with Crippen LogP contribution in [0.2, 0.25) is 0 Å². The quantitative estimate of drug-likeness (QED) is 0.354. The molecule has 0 N–H and O–H groups in total. The first-order valence-electron chi connectivity index (χ1n) is 8.82. The van der Waals surface area contributed by atoms with Gasteiger partial charge in [0.05, 0.1) is 11.9 Å². The highest BCUT2D eigenvalue weighted by Crippen LogP contribution is 2.27. The molecule has 0 saturated carbocycles. The van der Waals surface area contributed by atoms with Gasteiger partial charge in [-0.3, -0.25) is 14.3 Å². The van der Waals surface area contributed by atoms with Crippen molar-refractivity contribution in [2.75, 3.05) is 5.75 Å². The zero-order chi connectivity index (χ0) is 20.2. The number of thioether (sulfide) groups is 1. The lowest BCUT2D eigenvalue weighted by molar-refractivity contribution is 0.102. The topological polar surface area (TPSA) is 73.6 Å². The van der Waals surface area contributed by atoms with Gasteiger partial charge < -0.3 is 0 Å². The third-order valence-corrected chi connectivity index (χ3v) is 5.15. The number of hydrogen-bond donors (Lipinski definition) is 0. The molecule has 0 unspecified atom stereocenters. The van der Waals surface area contributed by atoms with Crippen LogP contribution in [0.25, 0.3) is 17.2 Å². The normalized spacial score (nSPS) is 10.8. The Balaban J connectivity index is 1.66. The molecular weight excluding hydrogens is 389 g/mol. The van der Waals surface area contributed by atoms with E-state index in [-0.39, 0.29) is 17.4 Å². The van der Waals surface area contributed by atoms with Crippen molar-refractivity contribution >= 4 is 17.5 Å². The number of benzene rings is 2. The zero-order valence-corrected chi connectivity index (χ0v) is 16.3. The number of halogens is 1. The second-order valence-corrected chi connectivity index (χ2v) is 7.23. The molecule has 0 aliphatic carbocycles. The molecule has 0 aliphatic heterocycles. The summed E-state index contributed by atoms with van der Waals surface area (Å²) in [6.45, 7) is 2.01. The predicted molar refractivity (Wildman–Crippen MR) is 109 cm³/mol. The molecule has 0 aliphatic rings. The summed E-state index contributed by atoms with van der Waals surface area (Å²) in [6.07, 6.45) is 4.80. The van der Waals surface area contributed by atoms with Crippen LogP contribution in [0.15, 0.2) is 72.3 Å². The molecule has 0 saturated heterocycles. The third kappa shape index (κ3) is 4.22. The highest BCUT2D eigenvalue weighted by molar-refractivity contribution is 7.99. The van der Waals surface area contributed by atoms with Gasteiger partial charge >= 0.3 is 0 Å². The van der Waals surface area contributed by atoms with E-state index in [0.717, 1.165) is 11.3 Å². The summed E-state index contributed by atoms with van der Waals surface area (Å²) >= 11 is 1.27. The molecule has 0 spiro atoms. The van der Waals surface area contributed by atoms with Gasteiger partial charge in [-0.15, -0.1) is 10.2 Å². The molecule has 0 amide bonds. The van der Waals surface area contributed by atoms with Gasteiger partial charge in [-0.25, -0.2) is 9.37 Å². The van der Waals surface area contributed by atoms with E-state index in [1.54, 1.807) is 18.6 Å². The van der Waals surface area contributed by atoms with Crippen LogP contribution in [0.3, 0.4) is 0 Å². The molecule has 29 heavy (non-hydrogen) atoms. The van der Waals surface area contributed by atoms with Gasteiger partial charge in [0, 0.05) is 23.6 Å². The van der Waals surface area contributed by atoms with Crippen molar-refractivity contribution in [3.63, 3.8) is 0 Å². The largest absolute Gasteiger partial charge is 0.293 e. The summed E-state index contributed by atoms with van der Waals surface area (Å²) in [5.41, 5.74) is 3.02. The fourth-order valence-corrected chi connectivity index (χ4v) is 3.57. The van der Waals surface area contributed by atoms with Crippen LogP contribution < -0.4 is 0 Å². The molecule has 4 aromatic rings. The predicted octanol–water partition coefficient (Wildman–Crippen LogP) is 4.15. The lowest BCUT2D eigenvalue weighted by atomic mass is 10.1. The Hall–Kier alpha value is -3.39. The fraction of sp³-hybridized carbons (Fsp3) is 0.0952. The molecular formula is C21H16FN5OS. The van der Waals surface area contributed by atoms with E-state index < -0.39 is 0 Å². The standard InChI is InChI=1S/C21H16FN5OS/c1-14-2-8-17(9-3-14)27-20(18-12-23-10-11-24-18)25-26-21(27)29-13-19(28)15-4-6-16(22)7-5-15/h2-12H,13H2,1H3. The molecule has 6 nitrogen and oxygen atoms in total. The van der Waals surface area contributed by atoms with Crippen LogP contribution >= 0.6 is 11.8 Å². The van der Waals surface area contributed by atoms with Crippen molar-refractivity contribution in [3.05, 3.63) is 84.1 Å². The number of nitrogens with zero attached hydrogens (tertiary/aromatic N) is 5. The van der Waals surface area contributed by atoms with Crippen LogP contribution in [0.1, 0.15) is 15.9 Å². The lowest BCUT2D eigenvalue weighted by Gasteiger charge is -2.10. The van der Waals surface area contributed by atoms with Gasteiger partial charge in [-0.05, 0) is 43.3 Å². The molecule has 4 rings (SSSR count). The van der Waals surface area contributed by atoms with Gasteiger partial charge in [0.25, 0.3) is 0 Å². The van der Waals surface area contributed by atoms with Gasteiger partial charge in [-0.2, -0.15) is 0 Å². The van der Waals surface area contributed by atoms with Crippen LogP contribution in [0.5, 0.6) is 0 Å². The van der Waals surface area contributed by atoms with Crippen LogP contribution in [0.4, 0.5) is 4.39 Å². The SMILES string of the molecule is Cc1ccc(-n2c(SCC(=O)c3ccc(F)cc3)nnc2-c2cnccn2)cc1. The van der Waals surface area contributed by atoms with Gasteiger partial charge in [-0.1, -0.05) is 29.5 Å². The highest BCUT2D eigenvalue weighted by atomic mass is 32.2. The Labute approximate surface area is 170 Å². The van der Waals surface area contributed by atoms with E-state index in [0.29, 0.717) is 22.2 Å². The Bertz CT molecular complexity index is 1130. The monoisotopic (exact) mass is 405 g/mol. The number of carbonyl (C=O) groups is 1. The lowest BCUT2D eigenvalue weighted by Crippen LogP contribution is -2.05. The third-order valence-electron chi connectivity index (χ3n) is 4.22. The Morgan fingerprint density at radius 1 is 1.03 bits per heavy atom. The van der Waals surface area contributed by atoms with Crippen LogP contribution in [0, 0.1) is 12.7 Å². The number of carbonyl (C=O) groups excluding carboxylic acids is 1. The summed E-state index contributed by atoms with van der Waals surface area (Å²) in [5.74, 6) is 0.200. The average Bonchev–Trinajstić information content (AvgIpc) is 3.17. The first kappa shape index (κ1) is 18.9. The summed E-state index contributed by atoms with van der Waals surface area (Å²) in [4.78, 5) is 20.9. The summed E-state index contributed by atoms with van der Waals surface area (Å²) in [7, 11) is 0. The number of aryl methyl sites for hydroxylation is 1. The zero-order valence-electron chi connectivity index (χ0n) is 15.5. The van der Waals surface area contributed by atoms with E-state index in [1.165, 1.54) is 36.0 Å². The van der Waals surface area contributed by atoms with Crippen molar-refractivity contribution in [2.45, 2.75) is 12.1 Å². The first-order chi connectivity index (χ1) is 14.1. The van der Waals surface area contributed by atoms with E-state index in [2.05, 4.69) is 20.2 Å². The molecule has 2 aromatic heterocycles. The van der Waals surface area contributed by atoms with Gasteiger partial charge in [0.15, 0.2) is 16.8 Å². The maximum atomic E-state index is 13.1. The number of rotatable bonds is 6. The van der Waals surface area contributed by atoms with Crippen molar-refractivity contribution in [1.29, 1.82) is 0 Å². The van der Waals surface area contributed by atoms with Crippen LogP contribution in [-0.2, 0) is 0 Å². The Morgan fingerprint density at radius 3 is 2.48 bits per heavy atom. The van der Waals surface area contributed by atoms with Crippen molar-refractivity contribution in [2.24, 2.45) is 0 Å². The summed E-state index contributed by atoms with van der Waals surface area (Å²) in [5, 5.41) is 9.10. The van der Waals surface area contributed by atoms with E-state index in [9.17, 15) is 9.18 Å². The number of ketones is 1. The average molecular weight is 405 g/mol. The minimum absolute atomic E-state index is 0.116. The molecule has 2 heterocycles. The van der Waals surface area contributed by atoms with Gasteiger partial charge in [0.1, 0.15) is 11.5 Å². The number of Topliss-reactive ketones (excluding diaryl/α,β-unsaturated/α-hetero) is 1.